The fourth-order valence-electron chi connectivity index (χ4n) is 4.57. The SMILES string of the molecule is CC(C)[Si]1(C(C)C)OC23C=CC(O)(C=C2)c2cccc1c23. The maximum atomic E-state index is 10.9. The van der Waals surface area contributed by atoms with Gasteiger partial charge in [0.1, 0.15) is 11.2 Å². The molecule has 1 aliphatic heterocycles. The molecule has 0 radical (unpaired) electrons. The number of aliphatic hydroxyl groups is 1. The molecular weight excluding hydrogens is 276 g/mol. The molecule has 0 aromatic heterocycles. The van der Waals surface area contributed by atoms with E-state index in [1.807, 2.05) is 12.2 Å². The molecule has 2 nitrogen and oxygen atoms in total. The van der Waals surface area contributed by atoms with Crippen molar-refractivity contribution in [2.24, 2.45) is 0 Å². The summed E-state index contributed by atoms with van der Waals surface area (Å²) >= 11 is 0. The highest BCUT2D eigenvalue weighted by molar-refractivity contribution is 6.90. The highest BCUT2D eigenvalue weighted by Crippen LogP contribution is 2.55. The predicted molar refractivity (Wildman–Crippen MR) is 87.0 cm³/mol. The van der Waals surface area contributed by atoms with Crippen molar-refractivity contribution < 1.29 is 9.53 Å². The lowest BCUT2D eigenvalue weighted by atomic mass is 9.71. The molecule has 0 saturated carbocycles. The van der Waals surface area contributed by atoms with Gasteiger partial charge < -0.3 is 9.53 Å². The van der Waals surface area contributed by atoms with Crippen LogP contribution < -0.4 is 5.19 Å². The summed E-state index contributed by atoms with van der Waals surface area (Å²) in [6, 6.07) is 6.38. The third kappa shape index (κ3) is 1.35. The molecule has 1 N–H and O–H groups in total. The van der Waals surface area contributed by atoms with Gasteiger partial charge in [-0.05, 0) is 51.7 Å². The minimum Gasteiger partial charge on any atom is -0.395 e. The molecule has 1 aromatic carbocycles. The van der Waals surface area contributed by atoms with Crippen molar-refractivity contribution in [3.63, 3.8) is 0 Å². The van der Waals surface area contributed by atoms with Crippen LogP contribution in [0.2, 0.25) is 11.1 Å². The fraction of sp³-hybridized carbons (Fsp3) is 0.444. The Bertz CT molecular complexity index is 662. The first-order valence-electron chi connectivity index (χ1n) is 7.83. The third-order valence-corrected chi connectivity index (χ3v) is 10.9. The first-order valence-corrected chi connectivity index (χ1v) is 9.90. The molecule has 1 aromatic rings. The highest BCUT2D eigenvalue weighted by atomic mass is 28.4. The first kappa shape index (κ1) is 13.5. The minimum absolute atomic E-state index is 0.433. The Hall–Kier alpha value is -1.16. The van der Waals surface area contributed by atoms with Gasteiger partial charge >= 0.3 is 0 Å². The van der Waals surface area contributed by atoms with Gasteiger partial charge in [-0.15, -0.1) is 0 Å². The van der Waals surface area contributed by atoms with Crippen molar-refractivity contribution in [1.82, 2.24) is 0 Å². The Kier molecular flexibility index (Phi) is 2.43. The summed E-state index contributed by atoms with van der Waals surface area (Å²) in [5.41, 5.74) is 1.86. The van der Waals surface area contributed by atoms with Gasteiger partial charge in [-0.25, -0.2) is 0 Å². The van der Waals surface area contributed by atoms with E-state index in [4.69, 9.17) is 4.43 Å². The molecule has 1 heterocycles. The van der Waals surface area contributed by atoms with Crippen LogP contribution in [0, 0.1) is 0 Å². The van der Waals surface area contributed by atoms with E-state index in [1.54, 1.807) is 0 Å². The Morgan fingerprint density at radius 3 is 2.19 bits per heavy atom. The Balaban J connectivity index is 2.09. The number of benzene rings is 1. The van der Waals surface area contributed by atoms with E-state index >= 15 is 0 Å². The number of hydrogen-bond donors (Lipinski definition) is 1. The molecule has 4 aliphatic rings. The minimum atomic E-state index is -2.10. The molecule has 0 atom stereocenters. The normalized spacial score (nSPS) is 34.0. The maximum Gasteiger partial charge on any atom is 0.231 e. The predicted octanol–water partition coefficient (Wildman–Crippen LogP) is 3.21. The molecule has 1 spiro atoms. The van der Waals surface area contributed by atoms with Gasteiger partial charge in [0.05, 0.1) is 0 Å². The second kappa shape index (κ2) is 3.78. The molecule has 110 valence electrons. The van der Waals surface area contributed by atoms with Crippen molar-refractivity contribution >= 4 is 13.5 Å². The smallest absolute Gasteiger partial charge is 0.231 e. The van der Waals surface area contributed by atoms with Gasteiger partial charge in [-0.1, -0.05) is 45.9 Å². The van der Waals surface area contributed by atoms with Gasteiger partial charge in [-0.2, -0.15) is 0 Å². The molecule has 0 fully saturated rings. The van der Waals surface area contributed by atoms with E-state index in [2.05, 4.69) is 58.0 Å². The first-order chi connectivity index (χ1) is 9.86. The average molecular weight is 298 g/mol. The monoisotopic (exact) mass is 298 g/mol. The van der Waals surface area contributed by atoms with Gasteiger partial charge in [0.2, 0.25) is 8.32 Å². The van der Waals surface area contributed by atoms with E-state index in [9.17, 15) is 5.11 Å². The zero-order chi connectivity index (χ0) is 15.0. The van der Waals surface area contributed by atoms with Crippen LogP contribution >= 0.6 is 0 Å². The van der Waals surface area contributed by atoms with Gasteiger partial charge in [-0.3, -0.25) is 0 Å². The lowest BCUT2D eigenvalue weighted by molar-refractivity contribution is 0.0955. The molecule has 3 aliphatic carbocycles. The van der Waals surface area contributed by atoms with Gasteiger partial charge in [0, 0.05) is 0 Å². The fourth-order valence-corrected chi connectivity index (χ4v) is 9.60. The lowest BCUT2D eigenvalue weighted by Gasteiger charge is -2.42. The van der Waals surface area contributed by atoms with Crippen LogP contribution in [0.3, 0.4) is 0 Å². The van der Waals surface area contributed by atoms with Crippen LogP contribution in [0.25, 0.3) is 0 Å². The van der Waals surface area contributed by atoms with Crippen LogP contribution in [0.5, 0.6) is 0 Å². The topological polar surface area (TPSA) is 29.5 Å². The lowest BCUT2D eigenvalue weighted by Crippen LogP contribution is -2.53. The van der Waals surface area contributed by atoms with Crippen LogP contribution in [0.4, 0.5) is 0 Å². The molecule has 0 saturated heterocycles. The largest absolute Gasteiger partial charge is 0.395 e. The number of rotatable bonds is 2. The van der Waals surface area contributed by atoms with Gasteiger partial charge in [0.25, 0.3) is 0 Å². The van der Waals surface area contributed by atoms with Crippen LogP contribution in [-0.2, 0) is 15.6 Å². The van der Waals surface area contributed by atoms with E-state index in [0.29, 0.717) is 11.1 Å². The van der Waals surface area contributed by atoms with Crippen molar-refractivity contribution in [2.45, 2.75) is 50.0 Å². The van der Waals surface area contributed by atoms with Crippen LogP contribution in [-0.4, -0.2) is 13.4 Å². The second-order valence-electron chi connectivity index (χ2n) is 7.22. The summed E-state index contributed by atoms with van der Waals surface area (Å²) in [7, 11) is -2.10. The average Bonchev–Trinajstić information content (AvgIpc) is 2.76. The summed E-state index contributed by atoms with van der Waals surface area (Å²) in [5, 5.41) is 12.3. The zero-order valence-electron chi connectivity index (χ0n) is 13.1. The Labute approximate surface area is 127 Å². The Morgan fingerprint density at radius 1 is 1.00 bits per heavy atom. The summed E-state index contributed by atoms with van der Waals surface area (Å²) < 4.78 is 6.90. The number of hydrogen-bond acceptors (Lipinski definition) is 2. The Morgan fingerprint density at radius 2 is 1.62 bits per heavy atom. The molecular formula is C18H22O2Si. The molecule has 5 rings (SSSR count). The van der Waals surface area contributed by atoms with Crippen molar-refractivity contribution in [1.29, 1.82) is 0 Å². The van der Waals surface area contributed by atoms with E-state index in [-0.39, 0.29) is 0 Å². The quantitative estimate of drug-likeness (QED) is 0.671. The maximum absolute atomic E-state index is 10.9. The summed E-state index contributed by atoms with van der Waals surface area (Å²) in [6.45, 7) is 9.14. The molecule has 0 unspecified atom stereocenters. The summed E-state index contributed by atoms with van der Waals surface area (Å²) in [5.74, 6) is 0. The summed E-state index contributed by atoms with van der Waals surface area (Å²) in [6.07, 6.45) is 7.92. The molecule has 21 heavy (non-hydrogen) atoms. The van der Waals surface area contributed by atoms with Crippen LogP contribution in [0.1, 0.15) is 38.8 Å². The zero-order valence-corrected chi connectivity index (χ0v) is 14.1. The summed E-state index contributed by atoms with van der Waals surface area (Å²) in [4.78, 5) is 0. The molecule has 0 amide bonds. The molecule has 2 bridgehead atoms. The van der Waals surface area contributed by atoms with Crippen LogP contribution in [0.15, 0.2) is 42.5 Å². The molecule has 3 heteroatoms. The second-order valence-corrected chi connectivity index (χ2v) is 11.9. The third-order valence-electron chi connectivity index (χ3n) is 5.53. The van der Waals surface area contributed by atoms with Crippen molar-refractivity contribution in [3.8, 4) is 0 Å². The van der Waals surface area contributed by atoms with Crippen molar-refractivity contribution in [3.05, 3.63) is 53.6 Å². The van der Waals surface area contributed by atoms with E-state index in [0.717, 1.165) is 5.56 Å². The van der Waals surface area contributed by atoms with Crippen molar-refractivity contribution in [2.75, 3.05) is 0 Å². The van der Waals surface area contributed by atoms with Gasteiger partial charge in [0.15, 0.2) is 0 Å². The standard InChI is InChI=1S/C18H22O2Si/c1-12(2)21(13(3)4)15-7-5-6-14-16(15)18(20-21)10-8-17(14,19)9-11-18/h5-13,19H,1-4H3. The van der Waals surface area contributed by atoms with E-state index < -0.39 is 19.5 Å². The van der Waals surface area contributed by atoms with E-state index in [1.165, 1.54) is 10.8 Å². The highest BCUT2D eigenvalue weighted by Gasteiger charge is 2.61.